The van der Waals surface area contributed by atoms with Crippen LogP contribution in [0.15, 0.2) is 48.5 Å². The van der Waals surface area contributed by atoms with Gasteiger partial charge in [-0.05, 0) is 56.3 Å². The van der Waals surface area contributed by atoms with Gasteiger partial charge in [-0.1, -0.05) is 24.3 Å². The Balaban J connectivity index is 1.79. The Labute approximate surface area is 206 Å². The van der Waals surface area contributed by atoms with Crippen molar-refractivity contribution in [3.05, 3.63) is 75.7 Å². The highest BCUT2D eigenvalue weighted by Crippen LogP contribution is 2.44. The zero-order valence-corrected chi connectivity index (χ0v) is 21.4. The monoisotopic (exact) mass is 479 g/mol. The molecule has 0 unspecified atom stereocenters. The summed E-state index contributed by atoms with van der Waals surface area (Å²) in [7, 11) is 5.48. The van der Waals surface area contributed by atoms with E-state index in [0.29, 0.717) is 17.1 Å². The molecule has 1 saturated heterocycles. The number of ether oxygens (including phenoxy) is 2. The average molecular weight is 480 g/mol. The van der Waals surface area contributed by atoms with Crippen LogP contribution in [0.5, 0.6) is 11.5 Å². The Hall–Kier alpha value is -2.87. The number of anilines is 1. The highest BCUT2D eigenvalue weighted by atomic mass is 32.1. The van der Waals surface area contributed by atoms with E-state index in [1.807, 2.05) is 36.4 Å². The van der Waals surface area contributed by atoms with Gasteiger partial charge in [0.2, 0.25) is 0 Å². The minimum absolute atomic E-state index is 0.00969. The van der Waals surface area contributed by atoms with Crippen LogP contribution in [-0.4, -0.2) is 63.2 Å². The van der Waals surface area contributed by atoms with Crippen molar-refractivity contribution in [3.63, 3.8) is 0 Å². The number of likely N-dealkylation sites (N-methyl/N-ethyl adjacent to an activating group) is 1. The quantitative estimate of drug-likeness (QED) is 0.519. The summed E-state index contributed by atoms with van der Waals surface area (Å²) in [5.41, 5.74) is 4.15. The summed E-state index contributed by atoms with van der Waals surface area (Å²) in [6.07, 6.45) is 0. The van der Waals surface area contributed by atoms with Crippen LogP contribution >= 0.6 is 11.3 Å². The van der Waals surface area contributed by atoms with E-state index in [2.05, 4.69) is 48.1 Å². The molecular weight excluding hydrogens is 446 g/mol. The lowest BCUT2D eigenvalue weighted by Crippen LogP contribution is -2.46. The molecule has 1 atom stereocenters. The van der Waals surface area contributed by atoms with Crippen molar-refractivity contribution in [2.24, 2.45) is 0 Å². The predicted molar refractivity (Wildman–Crippen MR) is 139 cm³/mol. The Morgan fingerprint density at radius 1 is 0.971 bits per heavy atom. The number of benzene rings is 2. The molecular formula is C27H33N3O3S. The van der Waals surface area contributed by atoms with Crippen LogP contribution in [-0.2, 0) is 0 Å². The van der Waals surface area contributed by atoms with E-state index >= 15 is 0 Å². The molecule has 0 radical (unpaired) electrons. The molecule has 7 heteroatoms. The van der Waals surface area contributed by atoms with Crippen LogP contribution < -0.4 is 14.8 Å². The Morgan fingerprint density at radius 2 is 1.65 bits per heavy atom. The van der Waals surface area contributed by atoms with E-state index in [4.69, 9.17) is 9.47 Å². The Morgan fingerprint density at radius 3 is 2.29 bits per heavy atom. The number of hydrogen-bond acceptors (Lipinski definition) is 6. The summed E-state index contributed by atoms with van der Waals surface area (Å²) in [5, 5.41) is 4.13. The predicted octanol–water partition coefficient (Wildman–Crippen LogP) is 4.97. The number of aryl methyl sites for hydroxylation is 1. The van der Waals surface area contributed by atoms with Crippen LogP contribution in [0.4, 0.5) is 5.00 Å². The van der Waals surface area contributed by atoms with Crippen LogP contribution in [0.2, 0.25) is 0 Å². The molecule has 34 heavy (non-hydrogen) atoms. The van der Waals surface area contributed by atoms with E-state index in [-0.39, 0.29) is 11.9 Å². The van der Waals surface area contributed by atoms with Crippen molar-refractivity contribution in [1.82, 2.24) is 9.80 Å². The van der Waals surface area contributed by atoms with Crippen molar-refractivity contribution < 1.29 is 14.3 Å². The van der Waals surface area contributed by atoms with Crippen molar-refractivity contribution in [2.75, 3.05) is 52.8 Å². The zero-order chi connectivity index (χ0) is 24.2. The van der Waals surface area contributed by atoms with Gasteiger partial charge in [0.1, 0.15) is 5.00 Å². The lowest BCUT2D eigenvalue weighted by molar-refractivity contribution is 0.102. The molecule has 180 valence electrons. The number of thiophene rings is 1. The van der Waals surface area contributed by atoms with Gasteiger partial charge in [-0.2, -0.15) is 0 Å². The molecule has 3 aromatic rings. The van der Waals surface area contributed by atoms with Crippen LogP contribution in [0.25, 0.3) is 0 Å². The summed E-state index contributed by atoms with van der Waals surface area (Å²) in [6, 6.07) is 15.5. The lowest BCUT2D eigenvalue weighted by Gasteiger charge is -2.39. The van der Waals surface area contributed by atoms with Gasteiger partial charge in [-0.3, -0.25) is 9.69 Å². The minimum atomic E-state index is -0.0902. The van der Waals surface area contributed by atoms with Gasteiger partial charge >= 0.3 is 0 Å². The maximum Gasteiger partial charge on any atom is 0.256 e. The standard InChI is InChI=1S/C27H33N3O3S/c1-18-19(2)34-27(28-26(31)20-9-7-6-8-10-20)24(18)25(30-15-13-29(3)14-16-30)21-11-12-22(32-4)23(17-21)33-5/h6-12,17,25H,13-16H2,1-5H3,(H,28,31)/t25-/m1/s1. The van der Waals surface area contributed by atoms with Gasteiger partial charge in [0.05, 0.1) is 20.3 Å². The van der Waals surface area contributed by atoms with E-state index in [1.165, 1.54) is 10.4 Å². The number of amides is 1. The van der Waals surface area contributed by atoms with Gasteiger partial charge in [0, 0.05) is 42.2 Å². The molecule has 1 aliphatic rings. The molecule has 6 nitrogen and oxygen atoms in total. The second-order valence-electron chi connectivity index (χ2n) is 8.70. The molecule has 1 aromatic heterocycles. The SMILES string of the molecule is COc1ccc([C@H](c2c(NC(=O)c3ccccc3)sc(C)c2C)N2CCN(C)CC2)cc1OC. The molecule has 1 amide bonds. The molecule has 4 rings (SSSR count). The zero-order valence-electron chi connectivity index (χ0n) is 20.6. The van der Waals surface area contributed by atoms with Gasteiger partial charge in [-0.25, -0.2) is 0 Å². The first-order valence-corrected chi connectivity index (χ1v) is 12.4. The van der Waals surface area contributed by atoms with Crippen molar-refractivity contribution in [2.45, 2.75) is 19.9 Å². The summed E-state index contributed by atoms with van der Waals surface area (Å²) in [4.78, 5) is 19.2. The summed E-state index contributed by atoms with van der Waals surface area (Å²) in [5.74, 6) is 1.32. The average Bonchev–Trinajstić information content (AvgIpc) is 3.13. The number of hydrogen-bond donors (Lipinski definition) is 1. The third kappa shape index (κ3) is 4.97. The first-order valence-electron chi connectivity index (χ1n) is 11.5. The van der Waals surface area contributed by atoms with E-state index in [9.17, 15) is 4.79 Å². The second-order valence-corrected chi connectivity index (χ2v) is 9.93. The number of nitrogens with zero attached hydrogens (tertiary/aromatic N) is 2. The third-order valence-corrected chi connectivity index (χ3v) is 7.73. The molecule has 0 spiro atoms. The van der Waals surface area contributed by atoms with Crippen LogP contribution in [0.1, 0.15) is 38.0 Å². The van der Waals surface area contributed by atoms with E-state index in [1.54, 1.807) is 25.6 Å². The third-order valence-electron chi connectivity index (χ3n) is 6.59. The molecule has 2 heterocycles. The fourth-order valence-corrected chi connectivity index (χ4v) is 5.58. The number of piperazine rings is 1. The van der Waals surface area contributed by atoms with Gasteiger partial charge in [-0.15, -0.1) is 11.3 Å². The molecule has 0 saturated carbocycles. The lowest BCUT2D eigenvalue weighted by atomic mass is 9.94. The van der Waals surface area contributed by atoms with Gasteiger partial charge in [0.25, 0.3) is 5.91 Å². The molecule has 0 aliphatic carbocycles. The molecule has 0 bridgehead atoms. The molecule has 1 N–H and O–H groups in total. The number of rotatable bonds is 7. The van der Waals surface area contributed by atoms with Gasteiger partial charge in [0.15, 0.2) is 11.5 Å². The Bertz CT molecular complexity index is 1140. The highest BCUT2D eigenvalue weighted by molar-refractivity contribution is 7.16. The normalized spacial score (nSPS) is 15.7. The molecule has 2 aromatic carbocycles. The van der Waals surface area contributed by atoms with E-state index in [0.717, 1.165) is 42.3 Å². The summed E-state index contributed by atoms with van der Waals surface area (Å²) >= 11 is 1.64. The van der Waals surface area contributed by atoms with Crippen molar-refractivity contribution in [1.29, 1.82) is 0 Å². The topological polar surface area (TPSA) is 54.0 Å². The fraction of sp³-hybridized carbons (Fsp3) is 0.370. The number of carbonyl (C=O) groups is 1. The number of methoxy groups -OCH3 is 2. The largest absolute Gasteiger partial charge is 0.493 e. The Kier molecular flexibility index (Phi) is 7.56. The highest BCUT2D eigenvalue weighted by Gasteiger charge is 2.31. The number of carbonyl (C=O) groups excluding carboxylic acids is 1. The first-order chi connectivity index (χ1) is 16.4. The van der Waals surface area contributed by atoms with E-state index < -0.39 is 0 Å². The van der Waals surface area contributed by atoms with Crippen molar-refractivity contribution in [3.8, 4) is 11.5 Å². The summed E-state index contributed by atoms with van der Waals surface area (Å²) in [6.45, 7) is 8.15. The maximum atomic E-state index is 13.1. The van der Waals surface area contributed by atoms with Crippen LogP contribution in [0.3, 0.4) is 0 Å². The summed E-state index contributed by atoms with van der Waals surface area (Å²) < 4.78 is 11.1. The second kappa shape index (κ2) is 10.6. The molecule has 1 aliphatic heterocycles. The number of nitrogens with one attached hydrogen (secondary N) is 1. The minimum Gasteiger partial charge on any atom is -0.493 e. The fourth-order valence-electron chi connectivity index (χ4n) is 4.49. The van der Waals surface area contributed by atoms with Gasteiger partial charge < -0.3 is 19.7 Å². The van der Waals surface area contributed by atoms with Crippen molar-refractivity contribution >= 4 is 22.2 Å². The smallest absolute Gasteiger partial charge is 0.256 e. The molecule has 1 fully saturated rings. The van der Waals surface area contributed by atoms with Crippen LogP contribution in [0, 0.1) is 13.8 Å². The first kappa shape index (κ1) is 24.3. The maximum absolute atomic E-state index is 13.1.